The summed E-state index contributed by atoms with van der Waals surface area (Å²) < 4.78 is 0. The number of rotatable bonds is 10. The van der Waals surface area contributed by atoms with E-state index in [1.807, 2.05) is 53.4 Å². The minimum Gasteiger partial charge on any atom is -0.361 e. The minimum atomic E-state index is 0.203. The summed E-state index contributed by atoms with van der Waals surface area (Å²) in [7, 11) is 0. The van der Waals surface area contributed by atoms with Crippen LogP contribution < -0.4 is 4.90 Å². The topological polar surface area (TPSA) is 66.4 Å². The van der Waals surface area contributed by atoms with Gasteiger partial charge in [0.25, 0.3) is 0 Å². The van der Waals surface area contributed by atoms with Crippen LogP contribution in [0, 0.1) is 11.3 Å². The molecule has 1 saturated heterocycles. The van der Waals surface area contributed by atoms with Gasteiger partial charge in [-0.05, 0) is 68.1 Å². The Morgan fingerprint density at radius 2 is 1.77 bits per heavy atom. The number of H-pyrrole nitrogens is 1. The lowest BCUT2D eigenvalue weighted by Gasteiger charge is -2.37. The fourth-order valence-electron chi connectivity index (χ4n) is 5.19. The number of carbonyl (C=O) groups excluding carboxylic acids is 1. The summed E-state index contributed by atoms with van der Waals surface area (Å²) in [5.41, 5.74) is 4.09. The zero-order chi connectivity index (χ0) is 24.6. The number of amides is 1. The van der Waals surface area contributed by atoms with Gasteiger partial charge in [0.05, 0.1) is 18.2 Å². The molecule has 0 saturated carbocycles. The van der Waals surface area contributed by atoms with E-state index in [4.69, 9.17) is 0 Å². The van der Waals surface area contributed by atoms with Crippen molar-refractivity contribution in [2.75, 3.05) is 44.2 Å². The smallest absolute Gasteiger partial charge is 0.241 e. The van der Waals surface area contributed by atoms with Crippen LogP contribution in [0.1, 0.15) is 44.2 Å². The van der Waals surface area contributed by atoms with Crippen LogP contribution in [0.2, 0.25) is 0 Å². The van der Waals surface area contributed by atoms with Crippen LogP contribution >= 0.6 is 0 Å². The Bertz CT molecular complexity index is 1140. The Morgan fingerprint density at radius 3 is 2.46 bits per heavy atom. The third-order valence-electron chi connectivity index (χ3n) is 7.25. The number of carbonyl (C=O) groups is 1. The number of aryl methyl sites for hydroxylation is 1. The lowest BCUT2D eigenvalue weighted by molar-refractivity contribution is -0.120. The highest BCUT2D eigenvalue weighted by atomic mass is 16.2. The maximum atomic E-state index is 13.4. The van der Waals surface area contributed by atoms with Crippen LogP contribution in [-0.4, -0.2) is 66.0 Å². The Labute approximate surface area is 209 Å². The molecule has 6 heteroatoms. The van der Waals surface area contributed by atoms with Gasteiger partial charge in [0.15, 0.2) is 0 Å². The van der Waals surface area contributed by atoms with Gasteiger partial charge < -0.3 is 14.8 Å². The monoisotopic (exact) mass is 471 g/mol. The molecule has 1 N–H and O–H groups in total. The molecule has 0 bridgehead atoms. The predicted molar refractivity (Wildman–Crippen MR) is 143 cm³/mol. The third kappa shape index (κ3) is 6.11. The Balaban J connectivity index is 1.26. The van der Waals surface area contributed by atoms with Crippen molar-refractivity contribution in [1.29, 1.82) is 5.26 Å². The third-order valence-corrected chi connectivity index (χ3v) is 7.25. The number of benzene rings is 2. The number of aromatic amines is 1. The van der Waals surface area contributed by atoms with E-state index in [1.54, 1.807) is 0 Å². The summed E-state index contributed by atoms with van der Waals surface area (Å²) in [6.45, 7) is 9.70. The molecule has 1 fully saturated rings. The quantitative estimate of drug-likeness (QED) is 0.461. The number of hydrogen-bond acceptors (Lipinski definition) is 4. The van der Waals surface area contributed by atoms with Crippen molar-refractivity contribution in [1.82, 2.24) is 14.8 Å². The van der Waals surface area contributed by atoms with Crippen molar-refractivity contribution >= 4 is 22.5 Å². The summed E-state index contributed by atoms with van der Waals surface area (Å²) in [5.74, 6) is 0.203. The minimum absolute atomic E-state index is 0.203. The number of nitrogens with zero attached hydrogens (tertiary/aromatic N) is 4. The zero-order valence-electron chi connectivity index (χ0n) is 21.0. The van der Waals surface area contributed by atoms with Gasteiger partial charge in [0.1, 0.15) is 0 Å². The van der Waals surface area contributed by atoms with Crippen LogP contribution in [0.3, 0.4) is 0 Å². The van der Waals surface area contributed by atoms with E-state index in [1.165, 1.54) is 5.56 Å². The first-order chi connectivity index (χ1) is 17.1. The molecule has 3 aromatic rings. The van der Waals surface area contributed by atoms with Crippen LogP contribution in [0.5, 0.6) is 0 Å². The van der Waals surface area contributed by atoms with E-state index in [-0.39, 0.29) is 11.9 Å². The largest absolute Gasteiger partial charge is 0.361 e. The van der Waals surface area contributed by atoms with Crippen molar-refractivity contribution in [2.24, 2.45) is 0 Å². The maximum absolute atomic E-state index is 13.4. The zero-order valence-corrected chi connectivity index (χ0v) is 21.0. The number of fused-ring (bicyclic) bond motifs is 1. The average molecular weight is 472 g/mol. The second kappa shape index (κ2) is 12.0. The molecule has 0 unspecified atom stereocenters. The van der Waals surface area contributed by atoms with Crippen molar-refractivity contribution < 1.29 is 4.79 Å². The first-order valence-corrected chi connectivity index (χ1v) is 12.9. The van der Waals surface area contributed by atoms with Crippen LogP contribution in [0.4, 0.5) is 5.69 Å². The van der Waals surface area contributed by atoms with Crippen LogP contribution in [-0.2, 0) is 11.2 Å². The summed E-state index contributed by atoms with van der Waals surface area (Å²) in [6.07, 6.45) is 6.07. The van der Waals surface area contributed by atoms with E-state index >= 15 is 0 Å². The number of para-hydroxylation sites is 1. The van der Waals surface area contributed by atoms with Crippen molar-refractivity contribution in [3.8, 4) is 6.07 Å². The molecule has 2 aromatic carbocycles. The van der Waals surface area contributed by atoms with Crippen LogP contribution in [0.15, 0.2) is 54.7 Å². The van der Waals surface area contributed by atoms with Crippen molar-refractivity contribution in [3.05, 3.63) is 65.9 Å². The number of hydrogen-bond donors (Lipinski definition) is 1. The fraction of sp³-hybridized carbons (Fsp3) is 0.448. The van der Waals surface area contributed by atoms with Gasteiger partial charge >= 0.3 is 0 Å². The summed E-state index contributed by atoms with van der Waals surface area (Å²) in [6, 6.07) is 18.4. The van der Waals surface area contributed by atoms with E-state index in [2.05, 4.69) is 40.9 Å². The Morgan fingerprint density at radius 1 is 1.06 bits per heavy atom. The molecule has 1 aliphatic heterocycles. The number of nitrogens with one attached hydrogen (secondary N) is 1. The van der Waals surface area contributed by atoms with Gasteiger partial charge in [-0.1, -0.05) is 32.0 Å². The maximum Gasteiger partial charge on any atom is 0.241 e. The molecular weight excluding hydrogens is 434 g/mol. The first-order valence-electron chi connectivity index (χ1n) is 12.9. The highest BCUT2D eigenvalue weighted by Gasteiger charge is 2.26. The van der Waals surface area contributed by atoms with Gasteiger partial charge in [-0.2, -0.15) is 5.26 Å². The predicted octanol–water partition coefficient (Wildman–Crippen LogP) is 4.81. The summed E-state index contributed by atoms with van der Waals surface area (Å²) >= 11 is 0. The van der Waals surface area contributed by atoms with Gasteiger partial charge in [-0.15, -0.1) is 0 Å². The molecule has 1 aliphatic rings. The fourth-order valence-corrected chi connectivity index (χ4v) is 5.19. The molecule has 1 aromatic heterocycles. The highest BCUT2D eigenvalue weighted by Crippen LogP contribution is 2.22. The van der Waals surface area contributed by atoms with Gasteiger partial charge in [-0.3, -0.25) is 9.69 Å². The van der Waals surface area contributed by atoms with Crippen LogP contribution in [0.25, 0.3) is 10.9 Å². The van der Waals surface area contributed by atoms with Crippen molar-refractivity contribution in [3.63, 3.8) is 0 Å². The first kappa shape index (κ1) is 25.0. The Hall–Kier alpha value is -3.14. The summed E-state index contributed by atoms with van der Waals surface area (Å²) in [5, 5.41) is 10.4. The lowest BCUT2D eigenvalue weighted by atomic mass is 10.1. The number of anilines is 1. The number of nitriles is 1. The average Bonchev–Trinajstić information content (AvgIpc) is 3.30. The SMILES string of the molecule is CCC(CC)N(C(=O)CN1CCN(CCCc2c[nH]c3ccc(C#N)cc23)CC1)c1ccccc1. The van der Waals surface area contributed by atoms with Gasteiger partial charge in [0.2, 0.25) is 5.91 Å². The van der Waals surface area contributed by atoms with Gasteiger partial charge in [0, 0.05) is 55.0 Å². The van der Waals surface area contributed by atoms with Crippen molar-refractivity contribution in [2.45, 2.75) is 45.6 Å². The van der Waals surface area contributed by atoms with E-state index in [0.717, 1.165) is 75.0 Å². The standard InChI is InChI=1S/C29H37N5O/c1-3-25(4-2)34(26-10-6-5-7-11-26)29(35)22-33-17-15-32(16-18-33)14-8-9-24-21-31-28-13-12-23(20-30)19-27(24)28/h5-7,10-13,19,21,25,31H,3-4,8-9,14-18,22H2,1-2H3. The second-order valence-corrected chi connectivity index (χ2v) is 9.48. The number of aromatic nitrogens is 1. The molecule has 2 heterocycles. The van der Waals surface area contributed by atoms with E-state index < -0.39 is 0 Å². The molecule has 4 rings (SSSR count). The molecule has 6 nitrogen and oxygen atoms in total. The molecule has 0 aliphatic carbocycles. The molecular formula is C29H37N5O. The van der Waals surface area contributed by atoms with E-state index in [9.17, 15) is 10.1 Å². The second-order valence-electron chi connectivity index (χ2n) is 9.48. The highest BCUT2D eigenvalue weighted by molar-refractivity contribution is 5.95. The normalized spacial score (nSPS) is 14.9. The molecule has 0 spiro atoms. The summed E-state index contributed by atoms with van der Waals surface area (Å²) in [4.78, 5) is 23.5. The molecule has 35 heavy (non-hydrogen) atoms. The molecule has 1 amide bonds. The molecule has 0 atom stereocenters. The number of piperazine rings is 1. The molecule has 0 radical (unpaired) electrons. The molecule has 184 valence electrons. The van der Waals surface area contributed by atoms with E-state index in [0.29, 0.717) is 12.1 Å². The lowest BCUT2D eigenvalue weighted by Crippen LogP contribution is -2.51. The Kier molecular flexibility index (Phi) is 8.57. The van der Waals surface area contributed by atoms with Gasteiger partial charge in [-0.25, -0.2) is 0 Å².